The Morgan fingerprint density at radius 3 is 2.83 bits per heavy atom. The Morgan fingerprint density at radius 1 is 1.37 bits per heavy atom. The second-order valence-electron chi connectivity index (χ2n) is 7.55. The molecule has 2 aromatic rings. The summed E-state index contributed by atoms with van der Waals surface area (Å²) in [6.07, 6.45) is 5.86. The maximum absolute atomic E-state index is 12.6. The van der Waals surface area contributed by atoms with Crippen molar-refractivity contribution in [3.8, 4) is 0 Å². The third kappa shape index (κ3) is 4.01. The predicted octanol–water partition coefficient (Wildman–Crippen LogP) is 2.73. The molecule has 2 amide bonds. The molecule has 0 aliphatic carbocycles. The van der Waals surface area contributed by atoms with Crippen LogP contribution in [-0.2, 0) is 20.9 Å². The molecule has 9 heteroatoms. The highest BCUT2D eigenvalue weighted by Gasteiger charge is 2.33. The van der Waals surface area contributed by atoms with Gasteiger partial charge >= 0.3 is 0 Å². The van der Waals surface area contributed by atoms with Gasteiger partial charge in [0.1, 0.15) is 12.2 Å². The summed E-state index contributed by atoms with van der Waals surface area (Å²) < 4.78 is 8.40. The summed E-state index contributed by atoms with van der Waals surface area (Å²) in [6.45, 7) is 1.49. The molecule has 1 aromatic heterocycles. The van der Waals surface area contributed by atoms with E-state index >= 15 is 0 Å². The molecular weight excluding hydrogens is 468 g/mol. The molecule has 1 N–H and O–H groups in total. The Kier molecular flexibility index (Phi) is 5.95. The Bertz CT molecular complexity index is 1060. The van der Waals surface area contributed by atoms with Gasteiger partial charge in [0.15, 0.2) is 5.11 Å². The van der Waals surface area contributed by atoms with Crippen LogP contribution in [0.4, 0.5) is 0 Å². The lowest BCUT2D eigenvalue weighted by Gasteiger charge is -2.11. The van der Waals surface area contributed by atoms with E-state index in [1.54, 1.807) is 19.0 Å². The number of amides is 2. The number of rotatable bonds is 5. The van der Waals surface area contributed by atoms with E-state index in [2.05, 4.69) is 21.2 Å². The molecule has 158 valence electrons. The zero-order valence-electron chi connectivity index (χ0n) is 16.9. The van der Waals surface area contributed by atoms with E-state index in [1.165, 1.54) is 4.90 Å². The van der Waals surface area contributed by atoms with Gasteiger partial charge in [0.2, 0.25) is 5.91 Å². The van der Waals surface area contributed by atoms with Gasteiger partial charge in [-0.05, 0) is 49.3 Å². The summed E-state index contributed by atoms with van der Waals surface area (Å²) in [5.41, 5.74) is 2.28. The van der Waals surface area contributed by atoms with E-state index in [0.29, 0.717) is 17.4 Å². The molecule has 7 nitrogen and oxygen atoms in total. The minimum Gasteiger partial charge on any atom is -0.376 e. The number of aromatic nitrogens is 1. The lowest BCUT2D eigenvalue weighted by Crippen LogP contribution is -2.34. The van der Waals surface area contributed by atoms with Crippen molar-refractivity contribution in [3.63, 3.8) is 0 Å². The first kappa shape index (κ1) is 21.0. The average Bonchev–Trinajstić information content (AvgIpc) is 3.40. The van der Waals surface area contributed by atoms with E-state index in [-0.39, 0.29) is 24.5 Å². The van der Waals surface area contributed by atoms with Gasteiger partial charge in [-0.3, -0.25) is 14.5 Å². The Hall–Kier alpha value is -2.23. The van der Waals surface area contributed by atoms with Crippen LogP contribution in [0, 0.1) is 0 Å². The molecule has 3 heterocycles. The first-order chi connectivity index (χ1) is 14.3. The number of ether oxygens (including phenoxy) is 1. The minimum atomic E-state index is -0.146. The third-order valence-electron chi connectivity index (χ3n) is 5.49. The molecule has 0 unspecified atom stereocenters. The summed E-state index contributed by atoms with van der Waals surface area (Å²) in [6, 6.07) is 5.89. The number of hydrogen-bond acceptors (Lipinski definition) is 4. The summed E-state index contributed by atoms with van der Waals surface area (Å²) in [5, 5.41) is 4.37. The van der Waals surface area contributed by atoms with Crippen LogP contribution in [-0.4, -0.2) is 64.6 Å². The smallest absolute Gasteiger partial charge is 0.276 e. The Morgan fingerprint density at radius 2 is 2.17 bits per heavy atom. The van der Waals surface area contributed by atoms with E-state index < -0.39 is 0 Å². The van der Waals surface area contributed by atoms with Crippen LogP contribution in [0.3, 0.4) is 0 Å². The fraction of sp³-hybridized carbons (Fsp3) is 0.381. The Labute approximate surface area is 188 Å². The molecule has 0 spiro atoms. The van der Waals surface area contributed by atoms with Crippen molar-refractivity contribution >= 4 is 62.1 Å². The number of benzene rings is 1. The highest BCUT2D eigenvalue weighted by atomic mass is 79.9. The maximum atomic E-state index is 12.6. The van der Waals surface area contributed by atoms with Crippen LogP contribution in [0.1, 0.15) is 18.4 Å². The fourth-order valence-corrected chi connectivity index (χ4v) is 4.36. The number of carbonyl (C=O) groups excluding carboxylic acids is 2. The molecule has 2 fully saturated rings. The maximum Gasteiger partial charge on any atom is 0.276 e. The van der Waals surface area contributed by atoms with E-state index in [4.69, 9.17) is 17.0 Å². The first-order valence-corrected chi connectivity index (χ1v) is 11.0. The highest BCUT2D eigenvalue weighted by molar-refractivity contribution is 9.10. The normalized spacial score (nSPS) is 20.8. The minimum absolute atomic E-state index is 0.0699. The third-order valence-corrected chi connectivity index (χ3v) is 6.53. The molecule has 2 aliphatic heterocycles. The van der Waals surface area contributed by atoms with Gasteiger partial charge in [-0.25, -0.2) is 0 Å². The van der Waals surface area contributed by atoms with Crippen molar-refractivity contribution < 1.29 is 14.3 Å². The highest BCUT2D eigenvalue weighted by Crippen LogP contribution is 2.29. The number of halogens is 1. The van der Waals surface area contributed by atoms with Crippen molar-refractivity contribution in [2.24, 2.45) is 0 Å². The van der Waals surface area contributed by atoms with Gasteiger partial charge in [-0.1, -0.05) is 15.9 Å². The topological polar surface area (TPSA) is 66.8 Å². The number of hydrogen-bond donors (Lipinski definition) is 1. The van der Waals surface area contributed by atoms with Crippen LogP contribution < -0.4 is 5.32 Å². The molecule has 2 saturated heterocycles. The molecule has 4 rings (SSSR count). The molecule has 0 radical (unpaired) electrons. The first-order valence-electron chi connectivity index (χ1n) is 9.79. The zero-order chi connectivity index (χ0) is 21.4. The lowest BCUT2D eigenvalue weighted by molar-refractivity contribution is -0.122. The second-order valence-corrected chi connectivity index (χ2v) is 8.83. The summed E-state index contributed by atoms with van der Waals surface area (Å²) >= 11 is 8.82. The largest absolute Gasteiger partial charge is 0.376 e. The molecule has 1 atom stereocenters. The van der Waals surface area contributed by atoms with E-state index in [0.717, 1.165) is 40.4 Å². The van der Waals surface area contributed by atoms with Crippen molar-refractivity contribution in [3.05, 3.63) is 40.1 Å². The van der Waals surface area contributed by atoms with Gasteiger partial charge in [0.05, 0.1) is 6.10 Å². The number of fused-ring (bicyclic) bond motifs is 1. The van der Waals surface area contributed by atoms with Gasteiger partial charge in [0, 0.05) is 54.4 Å². The molecule has 1 aromatic carbocycles. The van der Waals surface area contributed by atoms with Crippen LogP contribution in [0.15, 0.2) is 34.6 Å². The Balaban J connectivity index is 1.62. The van der Waals surface area contributed by atoms with Crippen LogP contribution in [0.5, 0.6) is 0 Å². The van der Waals surface area contributed by atoms with Gasteiger partial charge < -0.3 is 19.5 Å². The number of carbonyl (C=O) groups is 2. The lowest BCUT2D eigenvalue weighted by atomic mass is 10.1. The van der Waals surface area contributed by atoms with Gasteiger partial charge in [-0.15, -0.1) is 0 Å². The van der Waals surface area contributed by atoms with Crippen molar-refractivity contribution in [2.45, 2.75) is 25.5 Å². The summed E-state index contributed by atoms with van der Waals surface area (Å²) in [5.74, 6) is -0.216. The number of thiocarbonyl (C=S) groups is 1. The fourth-order valence-electron chi connectivity index (χ4n) is 3.82. The number of nitrogens with zero attached hydrogens (tertiary/aromatic N) is 3. The SMILES string of the molecule is CN1C(=O)/C(=C/c2cn(CC(=O)NC[C@H]3CCCO3)c3ccc(Br)cc23)N(C)C1=S. The standard InChI is InChI=1S/C21H23BrN4O3S/c1-24-18(20(28)25(2)21(24)30)8-13-11-26(17-6-5-14(22)9-16(13)17)12-19(27)23-10-15-4-3-7-29-15/h5-6,8-9,11,15H,3-4,7,10,12H2,1-2H3,(H,23,27)/b18-8-/t15-/m1/s1. The van der Waals surface area contributed by atoms with E-state index in [9.17, 15) is 9.59 Å². The molecule has 0 bridgehead atoms. The monoisotopic (exact) mass is 490 g/mol. The predicted molar refractivity (Wildman–Crippen MR) is 123 cm³/mol. The van der Waals surface area contributed by atoms with Crippen molar-refractivity contribution in [2.75, 3.05) is 27.2 Å². The van der Waals surface area contributed by atoms with E-state index in [1.807, 2.05) is 35.0 Å². The summed E-state index contributed by atoms with van der Waals surface area (Å²) in [4.78, 5) is 28.2. The van der Waals surface area contributed by atoms with Crippen LogP contribution >= 0.6 is 28.1 Å². The van der Waals surface area contributed by atoms with Gasteiger partial charge in [-0.2, -0.15) is 0 Å². The number of likely N-dealkylation sites (N-methyl/N-ethyl adjacent to an activating group) is 2. The summed E-state index contributed by atoms with van der Waals surface area (Å²) in [7, 11) is 3.45. The molecule has 30 heavy (non-hydrogen) atoms. The van der Waals surface area contributed by atoms with Crippen LogP contribution in [0.2, 0.25) is 0 Å². The van der Waals surface area contributed by atoms with Crippen molar-refractivity contribution in [1.82, 2.24) is 19.7 Å². The molecule has 0 saturated carbocycles. The molecular formula is C21H23BrN4O3S. The van der Waals surface area contributed by atoms with Crippen LogP contribution in [0.25, 0.3) is 17.0 Å². The number of nitrogens with one attached hydrogen (secondary N) is 1. The zero-order valence-corrected chi connectivity index (χ0v) is 19.3. The molecule has 2 aliphatic rings. The quantitative estimate of drug-likeness (QED) is 0.515. The van der Waals surface area contributed by atoms with Gasteiger partial charge in [0.25, 0.3) is 5.91 Å². The average molecular weight is 491 g/mol. The second kappa shape index (κ2) is 8.49. The van der Waals surface area contributed by atoms with Crippen molar-refractivity contribution in [1.29, 1.82) is 0 Å².